The molecule has 0 radical (unpaired) electrons. The third-order valence-electron chi connectivity index (χ3n) is 6.89. The van der Waals surface area contributed by atoms with Crippen LogP contribution >= 0.6 is 11.3 Å². The summed E-state index contributed by atoms with van der Waals surface area (Å²) in [7, 11) is -3.66. The lowest BCUT2D eigenvalue weighted by Crippen LogP contribution is -2.44. The number of non-ortho nitro benzene ring substituents is 1. The molecule has 200 valence electrons. The van der Waals surface area contributed by atoms with Crippen molar-refractivity contribution in [2.24, 2.45) is 5.92 Å². The van der Waals surface area contributed by atoms with E-state index in [-0.39, 0.29) is 16.4 Å². The average molecular weight is 554 g/mol. The van der Waals surface area contributed by atoms with Crippen LogP contribution in [-0.4, -0.2) is 42.6 Å². The van der Waals surface area contributed by atoms with Gasteiger partial charge in [-0.15, -0.1) is 17.9 Å². The van der Waals surface area contributed by atoms with Gasteiger partial charge in [0, 0.05) is 22.6 Å². The van der Waals surface area contributed by atoms with Crippen molar-refractivity contribution in [3.8, 4) is 0 Å². The molecule has 0 aliphatic carbocycles. The lowest BCUT2D eigenvalue weighted by molar-refractivity contribution is -0.384. The summed E-state index contributed by atoms with van der Waals surface area (Å²) in [6.45, 7) is 5.39. The molecule has 0 bridgehead atoms. The molecule has 1 amide bonds. The van der Waals surface area contributed by atoms with Crippen molar-refractivity contribution in [2.45, 2.75) is 41.8 Å². The van der Waals surface area contributed by atoms with Crippen LogP contribution in [0, 0.1) is 16.0 Å². The molecule has 1 aromatic heterocycles. The van der Waals surface area contributed by atoms with Crippen molar-refractivity contribution in [3.05, 3.63) is 106 Å². The van der Waals surface area contributed by atoms with E-state index in [4.69, 9.17) is 0 Å². The van der Waals surface area contributed by atoms with Crippen molar-refractivity contribution in [1.82, 2.24) is 10.2 Å². The molecule has 0 spiro atoms. The second-order valence-electron chi connectivity index (χ2n) is 9.38. The summed E-state index contributed by atoms with van der Waals surface area (Å²) in [4.78, 5) is 25.4. The second kappa shape index (κ2) is 12.5. The Morgan fingerprint density at radius 2 is 1.79 bits per heavy atom. The van der Waals surface area contributed by atoms with Gasteiger partial charge in [0.15, 0.2) is 0 Å². The summed E-state index contributed by atoms with van der Waals surface area (Å²) in [5.41, 5.74) is 1.53. The number of nitro benzene ring substituents is 1. The summed E-state index contributed by atoms with van der Waals surface area (Å²) in [6.07, 6.45) is 5.56. The molecule has 3 aromatic rings. The molecule has 8 nitrogen and oxygen atoms in total. The summed E-state index contributed by atoms with van der Waals surface area (Å²) >= 11 is 1.13. The standard InChI is InChI=1S/C28H31N3O5S2/c1-2-26(30-18-16-22(17-19-30)9-8-21-6-4-3-5-7-21)38(35,36)27-15-14-25(37-27)20-29-28(32)23-10-12-24(13-11-23)31(33)34/h2-7,10-15,22,26H,1,8-9,16-20H2,(H,29,32). The Bertz CT molecular complexity index is 1360. The number of piperidine rings is 1. The smallest absolute Gasteiger partial charge is 0.269 e. The minimum absolute atomic E-state index is 0.0946. The van der Waals surface area contributed by atoms with Crippen LogP contribution in [-0.2, 0) is 22.8 Å². The molecule has 10 heteroatoms. The van der Waals surface area contributed by atoms with E-state index in [1.54, 1.807) is 12.1 Å². The Hall–Kier alpha value is -3.34. The fraction of sp³-hybridized carbons (Fsp3) is 0.321. The van der Waals surface area contributed by atoms with Crippen LogP contribution in [0.4, 0.5) is 5.69 Å². The molecule has 38 heavy (non-hydrogen) atoms. The zero-order chi connectivity index (χ0) is 27.1. The summed E-state index contributed by atoms with van der Waals surface area (Å²) in [5, 5.41) is 12.7. The molecule has 1 aliphatic rings. The third-order valence-corrected chi connectivity index (χ3v) is 10.5. The van der Waals surface area contributed by atoms with Crippen LogP contribution in [0.1, 0.15) is 40.1 Å². The topological polar surface area (TPSA) is 110 Å². The number of nitrogens with one attached hydrogen (secondary N) is 1. The molecule has 2 heterocycles. The Morgan fingerprint density at radius 1 is 1.11 bits per heavy atom. The number of benzene rings is 2. The Morgan fingerprint density at radius 3 is 2.42 bits per heavy atom. The van der Waals surface area contributed by atoms with Crippen LogP contribution in [0.3, 0.4) is 0 Å². The maximum atomic E-state index is 13.5. The van der Waals surface area contributed by atoms with Crippen LogP contribution in [0.5, 0.6) is 0 Å². The maximum Gasteiger partial charge on any atom is 0.269 e. The van der Waals surface area contributed by atoms with Gasteiger partial charge < -0.3 is 5.32 Å². The zero-order valence-electron chi connectivity index (χ0n) is 21.0. The van der Waals surface area contributed by atoms with E-state index in [1.807, 2.05) is 11.0 Å². The molecule has 1 unspecified atom stereocenters. The quantitative estimate of drug-likeness (QED) is 0.198. The molecule has 1 N–H and O–H groups in total. The first-order valence-corrected chi connectivity index (χ1v) is 14.9. The van der Waals surface area contributed by atoms with Crippen LogP contribution in [0.15, 0.2) is 83.6 Å². The molecule has 1 aliphatic heterocycles. The average Bonchev–Trinajstić information content (AvgIpc) is 3.42. The van der Waals surface area contributed by atoms with Gasteiger partial charge in [0.25, 0.3) is 11.6 Å². The van der Waals surface area contributed by atoms with E-state index in [9.17, 15) is 23.3 Å². The van der Waals surface area contributed by atoms with Gasteiger partial charge in [-0.2, -0.15) is 0 Å². The maximum absolute atomic E-state index is 13.5. The SMILES string of the molecule is C=CC(N1CCC(CCc2ccccc2)CC1)S(=O)(=O)c1ccc(CNC(=O)c2ccc([N+](=O)[O-])cc2)s1. The van der Waals surface area contributed by atoms with Gasteiger partial charge in [-0.3, -0.25) is 19.8 Å². The van der Waals surface area contributed by atoms with Crippen molar-refractivity contribution < 1.29 is 18.1 Å². The minimum Gasteiger partial charge on any atom is -0.347 e. The number of amides is 1. The van der Waals surface area contributed by atoms with Crippen molar-refractivity contribution in [2.75, 3.05) is 13.1 Å². The summed E-state index contributed by atoms with van der Waals surface area (Å²) < 4.78 is 27.2. The van der Waals surface area contributed by atoms with E-state index < -0.39 is 26.0 Å². The van der Waals surface area contributed by atoms with Gasteiger partial charge >= 0.3 is 0 Å². The summed E-state index contributed by atoms with van der Waals surface area (Å²) in [5.74, 6) is 0.184. The van der Waals surface area contributed by atoms with Gasteiger partial charge in [0.2, 0.25) is 9.84 Å². The second-order valence-corrected chi connectivity index (χ2v) is 12.8. The van der Waals surface area contributed by atoms with Crippen LogP contribution < -0.4 is 5.32 Å². The van der Waals surface area contributed by atoms with Gasteiger partial charge in [-0.25, -0.2) is 8.42 Å². The van der Waals surface area contributed by atoms with E-state index in [1.165, 1.54) is 35.9 Å². The normalized spacial score (nSPS) is 15.6. The molecule has 0 saturated carbocycles. The highest BCUT2D eigenvalue weighted by atomic mass is 32.2. The number of likely N-dealkylation sites (tertiary alicyclic amines) is 1. The van der Waals surface area contributed by atoms with E-state index >= 15 is 0 Å². The number of nitrogens with zero attached hydrogens (tertiary/aromatic N) is 2. The molecule has 2 aromatic carbocycles. The third kappa shape index (κ3) is 6.75. The largest absolute Gasteiger partial charge is 0.347 e. The number of nitro groups is 1. The van der Waals surface area contributed by atoms with Gasteiger partial charge in [0.1, 0.15) is 9.58 Å². The van der Waals surface area contributed by atoms with Crippen molar-refractivity contribution in [1.29, 1.82) is 0 Å². The van der Waals surface area contributed by atoms with E-state index in [0.717, 1.165) is 37.0 Å². The van der Waals surface area contributed by atoms with Crippen LogP contribution in [0.25, 0.3) is 0 Å². The monoisotopic (exact) mass is 553 g/mol. The number of carbonyl (C=O) groups is 1. The molecule has 1 atom stereocenters. The number of hydrogen-bond acceptors (Lipinski definition) is 7. The number of hydrogen-bond donors (Lipinski definition) is 1. The predicted octanol–water partition coefficient (Wildman–Crippen LogP) is 5.22. The predicted molar refractivity (Wildman–Crippen MR) is 149 cm³/mol. The van der Waals surface area contributed by atoms with Gasteiger partial charge in [-0.05, 0) is 74.5 Å². The Labute approximate surface area is 227 Å². The van der Waals surface area contributed by atoms with Gasteiger partial charge in [-0.1, -0.05) is 36.4 Å². The fourth-order valence-corrected chi connectivity index (χ4v) is 7.82. The van der Waals surface area contributed by atoms with E-state index in [0.29, 0.717) is 29.4 Å². The highest BCUT2D eigenvalue weighted by Crippen LogP contribution is 2.31. The number of aryl methyl sites for hydroxylation is 1. The molecular weight excluding hydrogens is 522 g/mol. The van der Waals surface area contributed by atoms with Crippen molar-refractivity contribution >= 4 is 32.8 Å². The molecule has 1 saturated heterocycles. The molecule has 4 rings (SSSR count). The highest BCUT2D eigenvalue weighted by Gasteiger charge is 2.34. The molecule has 1 fully saturated rings. The first-order valence-electron chi connectivity index (χ1n) is 12.5. The Balaban J connectivity index is 1.31. The fourth-order valence-electron chi connectivity index (χ4n) is 4.71. The zero-order valence-corrected chi connectivity index (χ0v) is 22.6. The highest BCUT2D eigenvalue weighted by molar-refractivity contribution is 7.94. The lowest BCUT2D eigenvalue weighted by Gasteiger charge is -2.35. The molecular formula is C28H31N3O5S2. The number of rotatable bonds is 11. The first kappa shape index (κ1) is 27.7. The number of carbonyl (C=O) groups excluding carboxylic acids is 1. The van der Waals surface area contributed by atoms with Crippen LogP contribution in [0.2, 0.25) is 0 Å². The summed E-state index contributed by atoms with van der Waals surface area (Å²) in [6, 6.07) is 19.0. The van der Waals surface area contributed by atoms with Crippen molar-refractivity contribution in [3.63, 3.8) is 0 Å². The Kier molecular flexibility index (Phi) is 9.09. The number of thiophene rings is 1. The first-order chi connectivity index (χ1) is 18.3. The van der Waals surface area contributed by atoms with E-state index in [2.05, 4.69) is 36.2 Å². The van der Waals surface area contributed by atoms with Gasteiger partial charge in [0.05, 0.1) is 11.5 Å². The lowest BCUT2D eigenvalue weighted by atomic mass is 9.90. The minimum atomic E-state index is -3.66. The number of sulfone groups is 1.